The van der Waals surface area contributed by atoms with Crippen molar-refractivity contribution in [1.82, 2.24) is 14.9 Å². The molecule has 1 heterocycles. The first kappa shape index (κ1) is 59.7. The molecule has 2 N–H and O–H groups in total. The van der Waals surface area contributed by atoms with Gasteiger partial charge in [-0.25, -0.2) is 13.1 Å². The van der Waals surface area contributed by atoms with Gasteiger partial charge in [-0.15, -0.1) is 23.2 Å². The third kappa shape index (κ3) is 28.3. The van der Waals surface area contributed by atoms with Gasteiger partial charge in [-0.2, -0.15) is 0 Å². The molecule has 3 aliphatic rings. The van der Waals surface area contributed by atoms with Crippen molar-refractivity contribution in [2.45, 2.75) is 67.9 Å². The summed E-state index contributed by atoms with van der Waals surface area (Å²) in [5, 5.41) is 2.60. The Morgan fingerprint density at radius 3 is 1.44 bits per heavy atom. The highest BCUT2D eigenvalue weighted by Crippen LogP contribution is 2.48. The van der Waals surface area contributed by atoms with Gasteiger partial charge >= 0.3 is 0 Å². The van der Waals surface area contributed by atoms with Crippen molar-refractivity contribution in [2.75, 3.05) is 192 Å². The number of sulfonamides is 1. The topological polar surface area (TPSA) is 189 Å². The molecule has 0 spiro atoms. The van der Waals surface area contributed by atoms with E-state index in [1.807, 2.05) is 6.92 Å². The van der Waals surface area contributed by atoms with Gasteiger partial charge in [-0.1, -0.05) is 12.8 Å². The lowest BCUT2D eigenvalue weighted by atomic mass is 9.63. The number of rotatable bonds is 43. The molecule has 390 valence electrons. The Kier molecular flexibility index (Phi) is 35.4. The maximum Gasteiger partial charge on any atom is 0.222 e. The number of carbonyl (C=O) groups is 1. The molecule has 7 atom stereocenters. The smallest absolute Gasteiger partial charge is 0.222 e. The lowest BCUT2D eigenvalue weighted by Gasteiger charge is -2.51. The molecule has 0 aromatic heterocycles. The molecule has 0 bridgehead atoms. The van der Waals surface area contributed by atoms with Crippen LogP contribution in [0.15, 0.2) is 0 Å². The summed E-state index contributed by atoms with van der Waals surface area (Å²) in [5.74, 6) is 1.56. The van der Waals surface area contributed by atoms with Gasteiger partial charge in [0.2, 0.25) is 15.9 Å². The number of nitrogens with zero attached hydrogens (tertiary/aromatic N) is 1. The minimum atomic E-state index is -3.45. The van der Waals surface area contributed by atoms with Crippen LogP contribution in [0.2, 0.25) is 0 Å². The maximum atomic E-state index is 13.3. The van der Waals surface area contributed by atoms with Crippen LogP contribution in [0.25, 0.3) is 0 Å². The van der Waals surface area contributed by atoms with Crippen molar-refractivity contribution >= 4 is 39.1 Å². The molecule has 18 nitrogen and oxygen atoms in total. The minimum absolute atomic E-state index is 0.0847. The van der Waals surface area contributed by atoms with Crippen molar-refractivity contribution in [3.63, 3.8) is 0 Å². The molecule has 7 unspecified atom stereocenters. The number of piperidine rings is 1. The second-order valence-corrected chi connectivity index (χ2v) is 20.0. The Morgan fingerprint density at radius 2 is 0.955 bits per heavy atom. The van der Waals surface area contributed by atoms with Gasteiger partial charge in [0.05, 0.1) is 157 Å². The van der Waals surface area contributed by atoms with E-state index in [0.29, 0.717) is 195 Å². The number of amides is 1. The van der Waals surface area contributed by atoms with E-state index >= 15 is 0 Å². The lowest BCUT2D eigenvalue weighted by Crippen LogP contribution is -2.54. The first-order chi connectivity index (χ1) is 32.2. The van der Waals surface area contributed by atoms with Crippen LogP contribution in [0.3, 0.4) is 0 Å². The fourth-order valence-corrected chi connectivity index (χ4v) is 11.2. The Labute approximate surface area is 406 Å². The van der Waals surface area contributed by atoms with E-state index in [2.05, 4.69) is 22.0 Å². The highest BCUT2D eigenvalue weighted by molar-refractivity contribution is 7.90. The largest absolute Gasteiger partial charge is 0.379 e. The molecule has 66 heavy (non-hydrogen) atoms. The van der Waals surface area contributed by atoms with Crippen LogP contribution in [0.5, 0.6) is 0 Å². The van der Waals surface area contributed by atoms with Crippen LogP contribution in [0.4, 0.5) is 0 Å². The molecule has 0 aromatic rings. The fourth-order valence-electron chi connectivity index (χ4n) is 8.61. The SMILES string of the molecule is CCOCCOCCOCCOCCOCCOCCOCCOCCOCCC(=O)NCCOCCOCCOCCNS(=O)(=O)C1CCCC(C2CN(C)CC3C(Cl)CC(Cl)CC32)C1. The lowest BCUT2D eigenvalue weighted by molar-refractivity contribution is -0.122. The van der Waals surface area contributed by atoms with E-state index in [4.69, 9.17) is 80.0 Å². The van der Waals surface area contributed by atoms with Gasteiger partial charge in [-0.05, 0) is 63.3 Å². The van der Waals surface area contributed by atoms with Gasteiger partial charge in [-0.3, -0.25) is 4.79 Å². The van der Waals surface area contributed by atoms with Gasteiger partial charge in [0, 0.05) is 50.0 Å². The van der Waals surface area contributed by atoms with E-state index in [1.54, 1.807) is 0 Å². The third-order valence-corrected chi connectivity index (χ3v) is 14.6. The normalized spacial score (nSPS) is 23.8. The number of halogens is 2. The standard InChI is InChI=1S/C45H85Cl2N3O15S/c1-3-54-13-14-58-21-22-61-25-26-63-29-30-65-32-31-64-28-27-62-24-23-59-18-15-55-10-7-45(51)48-8-11-56-16-19-60-20-17-57-12-9-49-66(52,53)40-6-4-5-38(33-40)42-36-50(2)37-43-41(42)34-39(46)35-44(43)47/h38-44,49H,3-37H2,1-2H3,(H,48,51). The molecule has 21 heteroatoms. The molecule has 2 saturated carbocycles. The van der Waals surface area contributed by atoms with E-state index in [1.165, 1.54) is 0 Å². The molecular weight excluding hydrogens is 925 g/mol. The van der Waals surface area contributed by atoms with Crippen molar-refractivity contribution in [2.24, 2.45) is 23.7 Å². The zero-order valence-corrected chi connectivity index (χ0v) is 42.4. The number of hydrogen-bond acceptors (Lipinski definition) is 16. The highest BCUT2D eigenvalue weighted by atomic mass is 35.5. The van der Waals surface area contributed by atoms with E-state index in [9.17, 15) is 13.2 Å². The number of ether oxygens (including phenoxy) is 12. The number of fused-ring (bicyclic) bond motifs is 1. The summed E-state index contributed by atoms with van der Waals surface area (Å²) in [4.78, 5) is 14.4. The van der Waals surface area contributed by atoms with Crippen LogP contribution in [-0.4, -0.2) is 227 Å². The van der Waals surface area contributed by atoms with Gasteiger partial charge in [0.15, 0.2) is 0 Å². The predicted molar refractivity (Wildman–Crippen MR) is 252 cm³/mol. The van der Waals surface area contributed by atoms with E-state index in [-0.39, 0.29) is 41.5 Å². The summed E-state index contributed by atoms with van der Waals surface area (Å²) in [5.41, 5.74) is 0. The molecule has 0 aromatic carbocycles. The summed E-state index contributed by atoms with van der Waals surface area (Å²) in [6.07, 6.45) is 5.43. The second kappa shape index (κ2) is 39.1. The maximum absolute atomic E-state index is 13.3. The molecule has 2 aliphatic carbocycles. The summed E-state index contributed by atoms with van der Waals surface area (Å²) in [6.45, 7) is 15.6. The zero-order valence-electron chi connectivity index (χ0n) is 40.0. The van der Waals surface area contributed by atoms with Crippen LogP contribution in [-0.2, 0) is 71.7 Å². The average Bonchev–Trinajstić information content (AvgIpc) is 3.30. The summed E-state index contributed by atoms with van der Waals surface area (Å²) >= 11 is 13.4. The molecule has 0 radical (unpaired) electrons. The fraction of sp³-hybridized carbons (Fsp3) is 0.978. The van der Waals surface area contributed by atoms with E-state index in [0.717, 1.165) is 38.8 Å². The van der Waals surface area contributed by atoms with Gasteiger partial charge < -0.3 is 67.1 Å². The quantitative estimate of drug-likeness (QED) is 0.0670. The summed E-state index contributed by atoms with van der Waals surface area (Å²) in [7, 11) is -1.30. The molecule has 3 rings (SSSR count). The Balaban J connectivity index is 0.991. The van der Waals surface area contributed by atoms with Crippen LogP contribution >= 0.6 is 23.2 Å². The number of carbonyl (C=O) groups excluding carboxylic acids is 1. The van der Waals surface area contributed by atoms with Crippen LogP contribution in [0.1, 0.15) is 51.9 Å². The van der Waals surface area contributed by atoms with Crippen LogP contribution in [0, 0.1) is 23.7 Å². The third-order valence-electron chi connectivity index (χ3n) is 11.8. The van der Waals surface area contributed by atoms with E-state index < -0.39 is 10.0 Å². The average molecular weight is 1010 g/mol. The number of hydrogen-bond donors (Lipinski definition) is 2. The molecule has 1 aliphatic heterocycles. The second-order valence-electron chi connectivity index (χ2n) is 16.8. The van der Waals surface area contributed by atoms with Crippen molar-refractivity contribution in [3.8, 4) is 0 Å². The van der Waals surface area contributed by atoms with Crippen LogP contribution < -0.4 is 10.0 Å². The Bertz CT molecular complexity index is 1290. The van der Waals surface area contributed by atoms with Crippen molar-refractivity contribution in [1.29, 1.82) is 0 Å². The predicted octanol–water partition coefficient (Wildman–Crippen LogP) is 2.99. The van der Waals surface area contributed by atoms with Crippen molar-refractivity contribution < 1.29 is 70.1 Å². The number of nitrogens with one attached hydrogen (secondary N) is 2. The first-order valence-electron chi connectivity index (χ1n) is 24.4. The number of alkyl halides is 2. The first-order valence-corrected chi connectivity index (χ1v) is 26.8. The van der Waals surface area contributed by atoms with Gasteiger partial charge in [0.25, 0.3) is 0 Å². The molecule has 1 saturated heterocycles. The molecule has 3 fully saturated rings. The van der Waals surface area contributed by atoms with Gasteiger partial charge in [0.1, 0.15) is 0 Å². The summed E-state index contributed by atoms with van der Waals surface area (Å²) < 4.78 is 94.9. The number of likely N-dealkylation sites (tertiary alicyclic amines) is 1. The van der Waals surface area contributed by atoms with Crippen molar-refractivity contribution in [3.05, 3.63) is 0 Å². The Hall–Kier alpha value is -0.560. The minimum Gasteiger partial charge on any atom is -0.379 e. The summed E-state index contributed by atoms with van der Waals surface area (Å²) in [6, 6.07) is 0. The highest BCUT2D eigenvalue weighted by Gasteiger charge is 2.47. The zero-order chi connectivity index (χ0) is 47.3. The Morgan fingerprint density at radius 1 is 0.530 bits per heavy atom. The monoisotopic (exact) mass is 1010 g/mol. The molecular formula is C45H85Cl2N3O15S. The molecule has 1 amide bonds.